The molecule has 0 spiro atoms. The van der Waals surface area contributed by atoms with Crippen LogP contribution in [0.1, 0.15) is 46.0 Å². The van der Waals surface area contributed by atoms with Crippen LogP contribution >= 0.6 is 0 Å². The fourth-order valence-corrected chi connectivity index (χ4v) is 4.62. The molecule has 2 heterocycles. The lowest BCUT2D eigenvalue weighted by atomic mass is 9.44. The molecule has 5 nitrogen and oxygen atoms in total. The highest BCUT2D eigenvalue weighted by molar-refractivity contribution is 5.49. The summed E-state index contributed by atoms with van der Waals surface area (Å²) in [6.45, 7) is 6.81. The van der Waals surface area contributed by atoms with E-state index in [-0.39, 0.29) is 11.1 Å². The van der Waals surface area contributed by atoms with Crippen molar-refractivity contribution in [2.45, 2.75) is 57.0 Å². The summed E-state index contributed by atoms with van der Waals surface area (Å²) in [7, 11) is 0. The van der Waals surface area contributed by atoms with Gasteiger partial charge >= 0.3 is 0 Å². The Balaban J connectivity index is 1.34. The molecule has 2 bridgehead atoms. The van der Waals surface area contributed by atoms with Crippen LogP contribution in [-0.4, -0.2) is 34.1 Å². The second-order valence-corrected chi connectivity index (χ2v) is 8.14. The van der Waals surface area contributed by atoms with E-state index < -0.39 is 0 Å². The normalized spacial score (nSPS) is 34.3. The largest absolute Gasteiger partial charge is 0.377 e. The molecular formula is C17H27N5. The molecule has 0 atom stereocenters. The van der Waals surface area contributed by atoms with Crippen molar-refractivity contribution >= 4 is 11.6 Å². The third-order valence-electron chi connectivity index (χ3n) is 5.88. The highest BCUT2D eigenvalue weighted by Gasteiger charge is 2.66. The Bertz CT molecular complexity index is 525. The molecule has 4 aliphatic rings. The molecule has 1 aromatic rings. The maximum absolute atomic E-state index is 6.10. The molecule has 1 aromatic heterocycles. The molecule has 0 radical (unpaired) electrons. The van der Waals surface area contributed by atoms with Gasteiger partial charge in [-0.3, -0.25) is 0 Å². The summed E-state index contributed by atoms with van der Waals surface area (Å²) in [5, 5.41) is 3.57. The number of piperidine rings is 1. The molecule has 5 heteroatoms. The second-order valence-electron chi connectivity index (χ2n) is 8.14. The van der Waals surface area contributed by atoms with Crippen molar-refractivity contribution in [3.05, 3.63) is 12.4 Å². The topological polar surface area (TPSA) is 67.1 Å². The lowest BCUT2D eigenvalue weighted by Gasteiger charge is -2.69. The van der Waals surface area contributed by atoms with Crippen LogP contribution < -0.4 is 16.0 Å². The number of rotatable bonds is 4. The number of aromatic nitrogens is 2. The Morgan fingerprint density at radius 1 is 1.18 bits per heavy atom. The van der Waals surface area contributed by atoms with E-state index in [1.165, 1.54) is 12.8 Å². The average Bonchev–Trinajstić information content (AvgIpc) is 2.45. The average molecular weight is 301 g/mol. The van der Waals surface area contributed by atoms with Crippen molar-refractivity contribution < 1.29 is 0 Å². The quantitative estimate of drug-likeness (QED) is 0.894. The third kappa shape index (κ3) is 2.35. The summed E-state index contributed by atoms with van der Waals surface area (Å²) in [6.07, 6.45) is 9.63. The fraction of sp³-hybridized carbons (Fsp3) is 0.765. The smallest absolute Gasteiger partial charge is 0.225 e. The molecule has 120 valence electrons. The van der Waals surface area contributed by atoms with Crippen molar-refractivity contribution in [3.63, 3.8) is 0 Å². The van der Waals surface area contributed by atoms with Crippen molar-refractivity contribution in [2.24, 2.45) is 17.6 Å². The molecule has 0 aromatic carbocycles. The Hall–Kier alpha value is -1.36. The standard InChI is InChI=1S/C17H27N5/c1-12(2)13-3-5-22(6-4-13)15-19-7-14(8-20-15)21-17-9-16(18,10-17)11-17/h7-8,12-13,21H,3-6,9-11,18H2,1-2H3. The number of nitrogens with one attached hydrogen (secondary N) is 1. The molecule has 1 aliphatic heterocycles. The monoisotopic (exact) mass is 301 g/mol. The van der Waals surface area contributed by atoms with Crippen LogP contribution in [0.15, 0.2) is 12.4 Å². The Kier molecular flexibility index (Phi) is 3.12. The predicted octanol–water partition coefficient (Wildman–Crippen LogP) is 2.39. The summed E-state index contributed by atoms with van der Waals surface area (Å²) >= 11 is 0. The summed E-state index contributed by atoms with van der Waals surface area (Å²) < 4.78 is 0. The SMILES string of the molecule is CC(C)C1CCN(c2ncc(NC34CC(N)(C3)C4)cn2)CC1. The Labute approximate surface area is 132 Å². The number of nitrogens with two attached hydrogens (primary N) is 1. The summed E-state index contributed by atoms with van der Waals surface area (Å²) in [5.41, 5.74) is 7.51. The van der Waals surface area contributed by atoms with Gasteiger partial charge in [0.15, 0.2) is 0 Å². The zero-order chi connectivity index (χ0) is 15.4. The lowest BCUT2D eigenvalue weighted by molar-refractivity contribution is -0.0318. The molecule has 0 amide bonds. The summed E-state index contributed by atoms with van der Waals surface area (Å²) in [4.78, 5) is 11.5. The first-order chi connectivity index (χ1) is 10.5. The van der Waals surface area contributed by atoms with Crippen LogP contribution in [0.2, 0.25) is 0 Å². The molecule has 4 fully saturated rings. The second kappa shape index (κ2) is 4.82. The van der Waals surface area contributed by atoms with Crippen molar-refractivity contribution in [2.75, 3.05) is 23.3 Å². The number of hydrogen-bond donors (Lipinski definition) is 2. The molecule has 22 heavy (non-hydrogen) atoms. The third-order valence-corrected chi connectivity index (χ3v) is 5.88. The van der Waals surface area contributed by atoms with Gasteiger partial charge in [-0.2, -0.15) is 0 Å². The maximum atomic E-state index is 6.10. The van der Waals surface area contributed by atoms with Gasteiger partial charge in [-0.25, -0.2) is 9.97 Å². The van der Waals surface area contributed by atoms with Gasteiger partial charge in [-0.1, -0.05) is 13.8 Å². The van der Waals surface area contributed by atoms with Gasteiger partial charge < -0.3 is 16.0 Å². The highest BCUT2D eigenvalue weighted by atomic mass is 15.3. The lowest BCUT2D eigenvalue weighted by Crippen LogP contribution is -2.79. The fourth-order valence-electron chi connectivity index (χ4n) is 4.62. The van der Waals surface area contributed by atoms with Crippen LogP contribution in [0.5, 0.6) is 0 Å². The molecule has 3 N–H and O–H groups in total. The van der Waals surface area contributed by atoms with Crippen LogP contribution in [0.3, 0.4) is 0 Å². The first kappa shape index (κ1) is 14.2. The highest BCUT2D eigenvalue weighted by Crippen LogP contribution is 2.60. The van der Waals surface area contributed by atoms with E-state index in [1.54, 1.807) is 0 Å². The van der Waals surface area contributed by atoms with Gasteiger partial charge in [0.2, 0.25) is 5.95 Å². The van der Waals surface area contributed by atoms with Gasteiger partial charge in [-0.05, 0) is 43.9 Å². The zero-order valence-electron chi connectivity index (χ0n) is 13.7. The molecule has 3 saturated carbocycles. The van der Waals surface area contributed by atoms with Gasteiger partial charge in [-0.15, -0.1) is 0 Å². The number of nitrogens with zero attached hydrogens (tertiary/aromatic N) is 3. The van der Waals surface area contributed by atoms with E-state index in [4.69, 9.17) is 5.73 Å². The van der Waals surface area contributed by atoms with E-state index in [9.17, 15) is 0 Å². The Morgan fingerprint density at radius 3 is 2.27 bits per heavy atom. The van der Waals surface area contributed by atoms with Crippen LogP contribution in [0.4, 0.5) is 11.6 Å². The van der Waals surface area contributed by atoms with E-state index in [1.807, 2.05) is 12.4 Å². The van der Waals surface area contributed by atoms with E-state index in [0.29, 0.717) is 0 Å². The Morgan fingerprint density at radius 2 is 1.77 bits per heavy atom. The number of anilines is 2. The minimum atomic E-state index is 0.133. The van der Waals surface area contributed by atoms with Crippen molar-refractivity contribution in [3.8, 4) is 0 Å². The summed E-state index contributed by atoms with van der Waals surface area (Å²) in [6, 6.07) is 0. The van der Waals surface area contributed by atoms with Gasteiger partial charge in [0.1, 0.15) is 0 Å². The molecule has 5 rings (SSSR count). The molecule has 3 aliphatic carbocycles. The molecular weight excluding hydrogens is 274 g/mol. The predicted molar refractivity (Wildman–Crippen MR) is 88.9 cm³/mol. The minimum Gasteiger partial charge on any atom is -0.377 e. The van der Waals surface area contributed by atoms with E-state index in [2.05, 4.69) is 34.0 Å². The maximum Gasteiger partial charge on any atom is 0.225 e. The van der Waals surface area contributed by atoms with Crippen LogP contribution in [0.25, 0.3) is 0 Å². The van der Waals surface area contributed by atoms with Gasteiger partial charge in [0.05, 0.1) is 18.1 Å². The van der Waals surface area contributed by atoms with E-state index >= 15 is 0 Å². The van der Waals surface area contributed by atoms with Crippen LogP contribution in [0, 0.1) is 11.8 Å². The van der Waals surface area contributed by atoms with Gasteiger partial charge in [0.25, 0.3) is 0 Å². The van der Waals surface area contributed by atoms with Crippen molar-refractivity contribution in [1.82, 2.24) is 9.97 Å². The summed E-state index contributed by atoms with van der Waals surface area (Å²) in [5.74, 6) is 2.51. The first-order valence-electron chi connectivity index (χ1n) is 8.61. The van der Waals surface area contributed by atoms with Crippen molar-refractivity contribution in [1.29, 1.82) is 0 Å². The molecule has 1 saturated heterocycles. The number of hydrogen-bond acceptors (Lipinski definition) is 5. The molecule has 0 unspecified atom stereocenters. The van der Waals surface area contributed by atoms with E-state index in [0.717, 1.165) is 55.8 Å². The van der Waals surface area contributed by atoms with Gasteiger partial charge in [0, 0.05) is 24.2 Å². The minimum absolute atomic E-state index is 0.133. The van der Waals surface area contributed by atoms with Crippen LogP contribution in [-0.2, 0) is 0 Å². The first-order valence-corrected chi connectivity index (χ1v) is 8.61. The zero-order valence-corrected chi connectivity index (χ0v) is 13.7.